The van der Waals surface area contributed by atoms with Gasteiger partial charge in [0.1, 0.15) is 5.82 Å². The van der Waals surface area contributed by atoms with Crippen molar-refractivity contribution in [2.45, 2.75) is 38.1 Å². The Morgan fingerprint density at radius 2 is 1.70 bits per heavy atom. The molecule has 0 atom stereocenters. The molecule has 166 valence electrons. The molecule has 6 rings (SSSR count). The molecule has 0 bridgehead atoms. The largest absolute Gasteiger partial charge is 0.321 e. The molecule has 5 aromatic rings. The number of benzene rings is 2. The van der Waals surface area contributed by atoms with E-state index in [1.54, 1.807) is 0 Å². The van der Waals surface area contributed by atoms with Gasteiger partial charge in [0, 0.05) is 34.7 Å². The van der Waals surface area contributed by atoms with Gasteiger partial charge in [-0.2, -0.15) is 0 Å². The zero-order chi connectivity index (χ0) is 21.7. The third-order valence-corrected chi connectivity index (χ3v) is 6.82. The number of nitrogens with zero attached hydrogens (tertiary/aromatic N) is 4. The molecule has 6 heteroatoms. The van der Waals surface area contributed by atoms with Crippen molar-refractivity contribution in [1.29, 1.82) is 0 Å². The molecular formula is C27H26ClN5. The van der Waals surface area contributed by atoms with E-state index < -0.39 is 0 Å². The normalized spacial score (nSPS) is 14.7. The summed E-state index contributed by atoms with van der Waals surface area (Å²) in [6.07, 6.45) is 6.18. The number of rotatable bonds is 4. The van der Waals surface area contributed by atoms with Crippen LogP contribution in [0.4, 0.5) is 0 Å². The van der Waals surface area contributed by atoms with E-state index in [9.17, 15) is 0 Å². The van der Waals surface area contributed by atoms with Crippen molar-refractivity contribution in [2.75, 3.05) is 0 Å². The zero-order valence-electron chi connectivity index (χ0n) is 18.5. The van der Waals surface area contributed by atoms with Gasteiger partial charge in [-0.15, -0.1) is 22.6 Å². The minimum Gasteiger partial charge on any atom is -0.321 e. The molecule has 2 N–H and O–H groups in total. The van der Waals surface area contributed by atoms with E-state index in [0.717, 1.165) is 64.0 Å². The third kappa shape index (κ3) is 3.48. The van der Waals surface area contributed by atoms with Gasteiger partial charge in [0.15, 0.2) is 5.65 Å². The molecule has 1 aliphatic carbocycles. The summed E-state index contributed by atoms with van der Waals surface area (Å²) < 4.78 is 2.06. The van der Waals surface area contributed by atoms with E-state index in [0.29, 0.717) is 0 Å². The van der Waals surface area contributed by atoms with Crippen LogP contribution in [0.25, 0.3) is 38.9 Å². The fraction of sp³-hybridized carbons (Fsp3) is 0.222. The number of pyridine rings is 2. The van der Waals surface area contributed by atoms with Crippen LogP contribution in [0.2, 0.25) is 0 Å². The van der Waals surface area contributed by atoms with Gasteiger partial charge in [-0.05, 0) is 42.5 Å². The van der Waals surface area contributed by atoms with Crippen molar-refractivity contribution in [3.8, 4) is 22.4 Å². The van der Waals surface area contributed by atoms with Gasteiger partial charge in [0.25, 0.3) is 0 Å². The average Bonchev–Trinajstić information content (AvgIpc) is 3.26. The molecule has 5 nitrogen and oxygen atoms in total. The SMILES string of the molecule is CCc1nnc2c3cc(-c4ccccc4)c(-c4ccc(C5(N)CCC5)cc4)nc3ccn12.Cl. The standard InChI is InChI=1S/C27H25N5.ClH/c1-2-24-30-31-26-22-17-21(18-7-4-3-5-8-18)25(29-23(22)13-16-32(24)26)19-9-11-20(12-10-19)27(28)14-6-15-27;/h3-5,7-13,16-17H,2,6,14-15,28H2,1H3;1H. The van der Waals surface area contributed by atoms with Crippen LogP contribution in [0, 0.1) is 0 Å². The molecule has 3 aromatic heterocycles. The maximum absolute atomic E-state index is 6.54. The highest BCUT2D eigenvalue weighted by Crippen LogP contribution is 2.40. The van der Waals surface area contributed by atoms with Crippen LogP contribution in [0.5, 0.6) is 0 Å². The lowest BCUT2D eigenvalue weighted by molar-refractivity contribution is 0.253. The van der Waals surface area contributed by atoms with E-state index in [1.807, 2.05) is 12.3 Å². The lowest BCUT2D eigenvalue weighted by Crippen LogP contribution is -2.43. The summed E-state index contributed by atoms with van der Waals surface area (Å²) in [6.45, 7) is 2.09. The minimum absolute atomic E-state index is 0. The fourth-order valence-corrected chi connectivity index (χ4v) is 4.75. The smallest absolute Gasteiger partial charge is 0.170 e. The Hall–Kier alpha value is -3.28. The van der Waals surface area contributed by atoms with Crippen molar-refractivity contribution in [2.24, 2.45) is 5.73 Å². The van der Waals surface area contributed by atoms with E-state index in [4.69, 9.17) is 10.7 Å². The molecule has 2 aromatic carbocycles. The number of aromatic nitrogens is 4. The van der Waals surface area contributed by atoms with E-state index in [-0.39, 0.29) is 17.9 Å². The molecule has 0 unspecified atom stereocenters. The zero-order valence-corrected chi connectivity index (χ0v) is 19.3. The fourth-order valence-electron chi connectivity index (χ4n) is 4.75. The van der Waals surface area contributed by atoms with Crippen LogP contribution >= 0.6 is 12.4 Å². The molecular weight excluding hydrogens is 430 g/mol. The van der Waals surface area contributed by atoms with Crippen molar-refractivity contribution in [3.05, 3.63) is 84.3 Å². The second-order valence-electron chi connectivity index (χ2n) is 8.75. The van der Waals surface area contributed by atoms with Gasteiger partial charge in [0.2, 0.25) is 0 Å². The number of hydrogen-bond donors (Lipinski definition) is 1. The number of hydrogen-bond acceptors (Lipinski definition) is 4. The highest BCUT2D eigenvalue weighted by atomic mass is 35.5. The molecule has 1 saturated carbocycles. The maximum Gasteiger partial charge on any atom is 0.170 e. The Morgan fingerprint density at radius 1 is 0.939 bits per heavy atom. The first kappa shape index (κ1) is 21.6. The highest BCUT2D eigenvalue weighted by molar-refractivity contribution is 5.98. The summed E-state index contributed by atoms with van der Waals surface area (Å²) in [5.41, 5.74) is 13.6. The maximum atomic E-state index is 6.54. The first-order chi connectivity index (χ1) is 15.7. The van der Waals surface area contributed by atoms with Crippen molar-refractivity contribution in [3.63, 3.8) is 0 Å². The predicted molar refractivity (Wildman–Crippen MR) is 136 cm³/mol. The Morgan fingerprint density at radius 3 is 2.36 bits per heavy atom. The van der Waals surface area contributed by atoms with Gasteiger partial charge >= 0.3 is 0 Å². The summed E-state index contributed by atoms with van der Waals surface area (Å²) in [7, 11) is 0. The lowest BCUT2D eigenvalue weighted by Gasteiger charge is -2.38. The first-order valence-corrected chi connectivity index (χ1v) is 11.3. The summed E-state index contributed by atoms with van der Waals surface area (Å²) in [4.78, 5) is 5.12. The molecule has 1 fully saturated rings. The Labute approximate surface area is 199 Å². The van der Waals surface area contributed by atoms with Crippen molar-refractivity contribution < 1.29 is 0 Å². The van der Waals surface area contributed by atoms with Gasteiger partial charge in [0.05, 0.1) is 11.2 Å². The van der Waals surface area contributed by atoms with Crippen LogP contribution in [0.3, 0.4) is 0 Å². The molecule has 0 radical (unpaired) electrons. The van der Waals surface area contributed by atoms with Crippen LogP contribution in [-0.4, -0.2) is 19.6 Å². The number of halogens is 1. The highest BCUT2D eigenvalue weighted by Gasteiger charge is 2.34. The molecule has 0 amide bonds. The first-order valence-electron chi connectivity index (χ1n) is 11.3. The van der Waals surface area contributed by atoms with Crippen LogP contribution in [-0.2, 0) is 12.0 Å². The van der Waals surface area contributed by atoms with Crippen LogP contribution < -0.4 is 5.73 Å². The van der Waals surface area contributed by atoms with Gasteiger partial charge < -0.3 is 5.73 Å². The third-order valence-electron chi connectivity index (χ3n) is 6.82. The molecule has 0 saturated heterocycles. The molecule has 3 heterocycles. The monoisotopic (exact) mass is 455 g/mol. The quantitative estimate of drug-likeness (QED) is 0.364. The van der Waals surface area contributed by atoms with Crippen LogP contribution in [0.15, 0.2) is 72.9 Å². The molecule has 0 aliphatic heterocycles. The summed E-state index contributed by atoms with van der Waals surface area (Å²) in [6, 6.07) is 23.4. The summed E-state index contributed by atoms with van der Waals surface area (Å²) in [5.74, 6) is 0.953. The topological polar surface area (TPSA) is 69.1 Å². The number of aryl methyl sites for hydroxylation is 1. The predicted octanol–water partition coefficient (Wildman–Crippen LogP) is 5.93. The van der Waals surface area contributed by atoms with E-state index in [2.05, 4.69) is 82.2 Å². The molecule has 33 heavy (non-hydrogen) atoms. The van der Waals surface area contributed by atoms with E-state index in [1.165, 1.54) is 12.0 Å². The van der Waals surface area contributed by atoms with Crippen molar-refractivity contribution in [1.82, 2.24) is 19.6 Å². The van der Waals surface area contributed by atoms with E-state index >= 15 is 0 Å². The van der Waals surface area contributed by atoms with Crippen molar-refractivity contribution >= 4 is 29.0 Å². The minimum atomic E-state index is -0.159. The summed E-state index contributed by atoms with van der Waals surface area (Å²) in [5, 5.41) is 9.84. The Bertz CT molecular complexity index is 1440. The average molecular weight is 456 g/mol. The summed E-state index contributed by atoms with van der Waals surface area (Å²) >= 11 is 0. The number of nitrogens with two attached hydrogens (primary N) is 1. The number of fused-ring (bicyclic) bond motifs is 3. The molecule has 1 aliphatic rings. The second-order valence-corrected chi connectivity index (χ2v) is 8.75. The van der Waals surface area contributed by atoms with Gasteiger partial charge in [-0.1, -0.05) is 61.5 Å². The Balaban J connectivity index is 0.00000228. The Kier molecular flexibility index (Phi) is 5.39. The molecule has 0 spiro atoms. The van der Waals surface area contributed by atoms with Gasteiger partial charge in [-0.3, -0.25) is 4.40 Å². The second kappa shape index (κ2) is 8.25. The van der Waals surface area contributed by atoms with Crippen LogP contribution in [0.1, 0.15) is 37.6 Å². The van der Waals surface area contributed by atoms with Gasteiger partial charge in [-0.25, -0.2) is 4.98 Å². The lowest BCUT2D eigenvalue weighted by atomic mass is 9.72.